The van der Waals surface area contributed by atoms with Crippen LogP contribution in [0.25, 0.3) is 0 Å². The van der Waals surface area contributed by atoms with E-state index < -0.39 is 0 Å². The molecule has 0 bridgehead atoms. The molecule has 2 aromatic rings. The first-order valence-corrected chi connectivity index (χ1v) is 5.39. The van der Waals surface area contributed by atoms with Crippen molar-refractivity contribution >= 4 is 17.4 Å². The number of nitrogens with zero attached hydrogens (tertiary/aromatic N) is 1. The maximum Gasteiger partial charge on any atom is 0.196 e. The van der Waals surface area contributed by atoms with Gasteiger partial charge in [0.2, 0.25) is 0 Å². The summed E-state index contributed by atoms with van der Waals surface area (Å²) in [4.78, 5) is 16.1. The van der Waals surface area contributed by atoms with Crippen molar-refractivity contribution in [2.45, 2.75) is 6.92 Å². The number of pyridine rings is 1. The van der Waals surface area contributed by atoms with Crippen LogP contribution < -0.4 is 0 Å². The lowest BCUT2D eigenvalue weighted by atomic mass is 10.0. The van der Waals surface area contributed by atoms with Crippen molar-refractivity contribution in [1.29, 1.82) is 0 Å². The van der Waals surface area contributed by atoms with Crippen molar-refractivity contribution in [3.8, 4) is 0 Å². The molecule has 4 heteroatoms. The fourth-order valence-corrected chi connectivity index (χ4v) is 1.73. The molecule has 2 rings (SSSR count). The summed E-state index contributed by atoms with van der Waals surface area (Å²) in [5, 5.41) is 0.166. The Labute approximate surface area is 103 Å². The molecule has 2 nitrogen and oxygen atoms in total. The summed E-state index contributed by atoms with van der Waals surface area (Å²) in [6, 6.07) is 8.66. The van der Waals surface area contributed by atoms with E-state index in [1.807, 2.05) is 0 Å². The summed E-state index contributed by atoms with van der Waals surface area (Å²) in [6.07, 6.45) is 0. The monoisotopic (exact) mass is 249 g/mol. The Balaban J connectivity index is 2.40. The van der Waals surface area contributed by atoms with E-state index in [1.165, 1.54) is 24.3 Å². The number of aryl methyl sites for hydroxylation is 1. The van der Waals surface area contributed by atoms with E-state index in [0.717, 1.165) is 5.69 Å². The highest BCUT2D eigenvalue weighted by Gasteiger charge is 2.13. The van der Waals surface area contributed by atoms with Crippen LogP contribution in [0.3, 0.4) is 0 Å². The van der Waals surface area contributed by atoms with Gasteiger partial charge in [0.15, 0.2) is 5.78 Å². The van der Waals surface area contributed by atoms with Crippen LogP contribution in [0.15, 0.2) is 36.4 Å². The van der Waals surface area contributed by atoms with Crippen LogP contribution in [0.4, 0.5) is 4.39 Å². The highest BCUT2D eigenvalue weighted by Crippen LogP contribution is 2.18. The predicted octanol–water partition coefficient (Wildman–Crippen LogP) is 3.41. The minimum atomic E-state index is -0.380. The second kappa shape index (κ2) is 4.63. The van der Waals surface area contributed by atoms with E-state index in [0.29, 0.717) is 11.1 Å². The Kier molecular flexibility index (Phi) is 3.20. The molecule has 1 aromatic carbocycles. The molecule has 0 radical (unpaired) electrons. The second-order valence-corrected chi connectivity index (χ2v) is 3.99. The lowest BCUT2D eigenvalue weighted by Gasteiger charge is -2.03. The number of ketones is 1. The largest absolute Gasteiger partial charge is 0.288 e. The molecule has 0 fully saturated rings. The maximum atomic E-state index is 12.7. The molecule has 0 saturated heterocycles. The number of aromatic nitrogens is 1. The number of rotatable bonds is 2. The van der Waals surface area contributed by atoms with Crippen LogP contribution in [0, 0.1) is 12.7 Å². The van der Waals surface area contributed by atoms with Crippen LogP contribution in [0.2, 0.25) is 5.15 Å². The molecular formula is C13H9ClFNO. The topological polar surface area (TPSA) is 30.0 Å². The first-order chi connectivity index (χ1) is 8.08. The van der Waals surface area contributed by atoms with Crippen LogP contribution >= 0.6 is 11.6 Å². The Hall–Kier alpha value is -1.74. The van der Waals surface area contributed by atoms with Gasteiger partial charge in [-0.25, -0.2) is 9.37 Å². The van der Waals surface area contributed by atoms with Crippen LogP contribution in [-0.2, 0) is 0 Å². The lowest BCUT2D eigenvalue weighted by Crippen LogP contribution is -2.03. The molecule has 0 unspecified atom stereocenters. The molecule has 1 aromatic heterocycles. The van der Waals surface area contributed by atoms with E-state index in [-0.39, 0.29) is 16.8 Å². The molecular weight excluding hydrogens is 241 g/mol. The summed E-state index contributed by atoms with van der Waals surface area (Å²) >= 11 is 5.90. The Morgan fingerprint density at radius 3 is 2.41 bits per heavy atom. The fraction of sp³-hybridized carbons (Fsp3) is 0.0769. The van der Waals surface area contributed by atoms with Gasteiger partial charge in [0.25, 0.3) is 0 Å². The number of hydrogen-bond acceptors (Lipinski definition) is 2. The Bertz CT molecular complexity index is 566. The van der Waals surface area contributed by atoms with E-state index in [4.69, 9.17) is 11.6 Å². The second-order valence-electron chi connectivity index (χ2n) is 3.63. The summed E-state index contributed by atoms with van der Waals surface area (Å²) in [7, 11) is 0. The van der Waals surface area contributed by atoms with Crippen molar-refractivity contribution in [2.24, 2.45) is 0 Å². The third-order valence-electron chi connectivity index (χ3n) is 2.34. The molecule has 17 heavy (non-hydrogen) atoms. The zero-order chi connectivity index (χ0) is 12.4. The number of carbonyl (C=O) groups is 1. The maximum absolute atomic E-state index is 12.7. The number of hydrogen-bond donors (Lipinski definition) is 0. The zero-order valence-corrected chi connectivity index (χ0v) is 9.83. The zero-order valence-electron chi connectivity index (χ0n) is 9.08. The highest BCUT2D eigenvalue weighted by molar-refractivity contribution is 6.33. The first-order valence-electron chi connectivity index (χ1n) is 5.01. The van der Waals surface area contributed by atoms with Gasteiger partial charge in [0.1, 0.15) is 11.0 Å². The minimum Gasteiger partial charge on any atom is -0.288 e. The van der Waals surface area contributed by atoms with Crippen LogP contribution in [0.1, 0.15) is 21.6 Å². The standard InChI is InChI=1S/C13H9ClFNO/c1-8-2-7-11(13(14)16-8)12(17)9-3-5-10(15)6-4-9/h2-7H,1H3. The molecule has 86 valence electrons. The van der Waals surface area contributed by atoms with Gasteiger partial charge in [-0.2, -0.15) is 0 Å². The smallest absolute Gasteiger partial charge is 0.196 e. The average Bonchev–Trinajstić information content (AvgIpc) is 2.29. The SMILES string of the molecule is Cc1ccc(C(=O)c2ccc(F)cc2)c(Cl)n1. The van der Waals surface area contributed by atoms with Crippen molar-refractivity contribution in [3.63, 3.8) is 0 Å². The van der Waals surface area contributed by atoms with Gasteiger partial charge in [-0.1, -0.05) is 11.6 Å². The molecule has 0 saturated carbocycles. The molecule has 0 spiro atoms. The van der Waals surface area contributed by atoms with E-state index in [1.54, 1.807) is 19.1 Å². The summed E-state index contributed by atoms with van der Waals surface area (Å²) < 4.78 is 12.7. The molecule has 0 amide bonds. The van der Waals surface area contributed by atoms with Crippen LogP contribution in [0.5, 0.6) is 0 Å². The minimum absolute atomic E-state index is 0.166. The van der Waals surface area contributed by atoms with Crippen molar-refractivity contribution in [1.82, 2.24) is 4.98 Å². The van der Waals surface area contributed by atoms with Crippen molar-refractivity contribution < 1.29 is 9.18 Å². The highest BCUT2D eigenvalue weighted by atomic mass is 35.5. The third-order valence-corrected chi connectivity index (χ3v) is 2.63. The quantitative estimate of drug-likeness (QED) is 0.603. The number of benzene rings is 1. The van der Waals surface area contributed by atoms with Gasteiger partial charge in [-0.15, -0.1) is 0 Å². The summed E-state index contributed by atoms with van der Waals surface area (Å²) in [5.74, 6) is -0.642. The normalized spacial score (nSPS) is 10.3. The number of halogens is 2. The van der Waals surface area contributed by atoms with Gasteiger partial charge in [0, 0.05) is 11.3 Å². The lowest BCUT2D eigenvalue weighted by molar-refractivity contribution is 0.103. The molecule has 0 aliphatic carbocycles. The van der Waals surface area contributed by atoms with Gasteiger partial charge in [0.05, 0.1) is 5.56 Å². The molecule has 0 atom stereocenters. The molecule has 0 aliphatic rings. The van der Waals surface area contributed by atoms with Gasteiger partial charge >= 0.3 is 0 Å². The predicted molar refractivity (Wildman–Crippen MR) is 63.8 cm³/mol. The Morgan fingerprint density at radius 1 is 1.18 bits per heavy atom. The summed E-state index contributed by atoms with van der Waals surface area (Å²) in [5.41, 5.74) is 1.45. The van der Waals surface area contributed by atoms with Gasteiger partial charge < -0.3 is 0 Å². The van der Waals surface area contributed by atoms with E-state index in [2.05, 4.69) is 4.98 Å². The summed E-state index contributed by atoms with van der Waals surface area (Å²) in [6.45, 7) is 1.79. The van der Waals surface area contributed by atoms with Crippen molar-refractivity contribution in [2.75, 3.05) is 0 Å². The Morgan fingerprint density at radius 2 is 1.82 bits per heavy atom. The van der Waals surface area contributed by atoms with E-state index >= 15 is 0 Å². The van der Waals surface area contributed by atoms with Crippen molar-refractivity contribution in [3.05, 3.63) is 64.2 Å². The molecule has 0 N–H and O–H groups in total. The van der Waals surface area contributed by atoms with E-state index in [9.17, 15) is 9.18 Å². The molecule has 1 heterocycles. The third kappa shape index (κ3) is 2.50. The van der Waals surface area contributed by atoms with Gasteiger partial charge in [-0.3, -0.25) is 4.79 Å². The molecule has 0 aliphatic heterocycles. The number of carbonyl (C=O) groups excluding carboxylic acids is 1. The fourth-order valence-electron chi connectivity index (χ4n) is 1.45. The average molecular weight is 250 g/mol. The van der Waals surface area contributed by atoms with Crippen LogP contribution in [-0.4, -0.2) is 10.8 Å². The van der Waals surface area contributed by atoms with Gasteiger partial charge in [-0.05, 0) is 43.3 Å². The first kappa shape index (κ1) is 11.7.